The van der Waals surface area contributed by atoms with Crippen LogP contribution in [0.1, 0.15) is 55.5 Å². The number of rotatable bonds is 5. The highest BCUT2D eigenvalue weighted by Crippen LogP contribution is 2.30. The number of Topliss-reactive ketones (excluding diaryl/α,β-unsaturated/α-hetero) is 1. The fraction of sp³-hybridized carbons (Fsp3) is 0.562. The Morgan fingerprint density at radius 1 is 1.24 bits per heavy atom. The molecule has 1 heteroatoms. The smallest absolute Gasteiger partial charge is 0.163 e. The summed E-state index contributed by atoms with van der Waals surface area (Å²) >= 11 is 0. The van der Waals surface area contributed by atoms with Crippen molar-refractivity contribution < 1.29 is 4.79 Å². The van der Waals surface area contributed by atoms with Crippen molar-refractivity contribution in [2.24, 2.45) is 11.8 Å². The minimum absolute atomic E-state index is 0.325. The van der Waals surface area contributed by atoms with E-state index in [1.54, 1.807) is 0 Å². The zero-order valence-corrected chi connectivity index (χ0v) is 10.9. The van der Waals surface area contributed by atoms with E-state index in [9.17, 15) is 4.79 Å². The van der Waals surface area contributed by atoms with E-state index in [0.717, 1.165) is 18.4 Å². The lowest BCUT2D eigenvalue weighted by molar-refractivity contribution is 0.0936. The number of carbonyl (C=O) groups is 1. The first-order chi connectivity index (χ1) is 8.15. The Balaban J connectivity index is 1.94. The van der Waals surface area contributed by atoms with Gasteiger partial charge in [0, 0.05) is 12.0 Å². The predicted molar refractivity (Wildman–Crippen MR) is 71.3 cm³/mol. The number of hydrogen-bond acceptors (Lipinski definition) is 1. The van der Waals surface area contributed by atoms with Crippen molar-refractivity contribution in [3.05, 3.63) is 35.4 Å². The largest absolute Gasteiger partial charge is 0.294 e. The quantitative estimate of drug-likeness (QED) is 0.691. The second-order valence-corrected chi connectivity index (χ2v) is 5.72. The van der Waals surface area contributed by atoms with Gasteiger partial charge in [-0.3, -0.25) is 4.79 Å². The van der Waals surface area contributed by atoms with Crippen LogP contribution in [-0.4, -0.2) is 5.78 Å². The highest BCUT2D eigenvalue weighted by atomic mass is 16.1. The van der Waals surface area contributed by atoms with E-state index in [-0.39, 0.29) is 0 Å². The van der Waals surface area contributed by atoms with Gasteiger partial charge in [-0.2, -0.15) is 0 Å². The predicted octanol–water partition coefficient (Wildman–Crippen LogP) is 4.26. The Morgan fingerprint density at radius 3 is 2.35 bits per heavy atom. The van der Waals surface area contributed by atoms with Gasteiger partial charge in [-0.05, 0) is 23.8 Å². The van der Waals surface area contributed by atoms with Crippen molar-refractivity contribution in [3.63, 3.8) is 0 Å². The Kier molecular flexibility index (Phi) is 3.98. The number of hydrogen-bond donors (Lipinski definition) is 0. The van der Waals surface area contributed by atoms with E-state index in [0.29, 0.717) is 17.6 Å². The summed E-state index contributed by atoms with van der Waals surface area (Å²) in [7, 11) is 0. The molecule has 0 saturated heterocycles. The molecule has 1 saturated carbocycles. The van der Waals surface area contributed by atoms with Crippen molar-refractivity contribution in [3.8, 4) is 0 Å². The molecule has 0 bridgehead atoms. The van der Waals surface area contributed by atoms with Crippen LogP contribution in [0.4, 0.5) is 0 Å². The van der Waals surface area contributed by atoms with Gasteiger partial charge in [0.2, 0.25) is 0 Å². The van der Waals surface area contributed by atoms with Gasteiger partial charge < -0.3 is 0 Å². The van der Waals surface area contributed by atoms with Crippen molar-refractivity contribution in [2.45, 2.75) is 46.0 Å². The van der Waals surface area contributed by atoms with Crippen LogP contribution in [-0.2, 0) is 6.42 Å². The zero-order valence-electron chi connectivity index (χ0n) is 10.9. The van der Waals surface area contributed by atoms with Crippen LogP contribution in [0.25, 0.3) is 0 Å². The molecule has 0 radical (unpaired) electrons. The number of carbonyl (C=O) groups excluding carboxylic acids is 1. The first-order valence-corrected chi connectivity index (χ1v) is 6.77. The van der Waals surface area contributed by atoms with E-state index in [2.05, 4.69) is 26.0 Å². The van der Waals surface area contributed by atoms with Crippen LogP contribution < -0.4 is 0 Å². The molecular formula is C16H22O. The molecule has 1 aromatic rings. The van der Waals surface area contributed by atoms with Gasteiger partial charge in [0.05, 0.1) is 0 Å². The summed E-state index contributed by atoms with van der Waals surface area (Å²) < 4.78 is 0. The molecular weight excluding hydrogens is 208 g/mol. The van der Waals surface area contributed by atoms with Crippen LogP contribution in [0.5, 0.6) is 0 Å². The lowest BCUT2D eigenvalue weighted by atomic mass is 9.81. The summed E-state index contributed by atoms with van der Waals surface area (Å²) in [5, 5.41) is 0. The Hall–Kier alpha value is -1.11. The third kappa shape index (κ3) is 3.42. The summed E-state index contributed by atoms with van der Waals surface area (Å²) in [6.45, 7) is 4.44. The van der Waals surface area contributed by atoms with Crippen LogP contribution in [0, 0.1) is 11.8 Å². The molecule has 92 valence electrons. The summed E-state index contributed by atoms with van der Waals surface area (Å²) in [4.78, 5) is 12.0. The Labute approximate surface area is 104 Å². The van der Waals surface area contributed by atoms with Crippen LogP contribution >= 0.6 is 0 Å². The molecule has 0 N–H and O–H groups in total. The van der Waals surface area contributed by atoms with Gasteiger partial charge in [0.25, 0.3) is 0 Å². The van der Waals surface area contributed by atoms with Crippen LogP contribution in [0.15, 0.2) is 24.3 Å². The fourth-order valence-corrected chi connectivity index (χ4v) is 2.38. The van der Waals surface area contributed by atoms with Crippen LogP contribution in [0.3, 0.4) is 0 Å². The lowest BCUT2D eigenvalue weighted by Crippen LogP contribution is -2.15. The highest BCUT2D eigenvalue weighted by Gasteiger charge is 2.21. The zero-order chi connectivity index (χ0) is 12.3. The van der Waals surface area contributed by atoms with Crippen molar-refractivity contribution in [2.75, 3.05) is 0 Å². The lowest BCUT2D eigenvalue weighted by Gasteiger charge is -2.24. The molecule has 0 spiro atoms. The van der Waals surface area contributed by atoms with Gasteiger partial charge in [-0.15, -0.1) is 0 Å². The summed E-state index contributed by atoms with van der Waals surface area (Å²) in [6.07, 6.45) is 5.65. The topological polar surface area (TPSA) is 17.1 Å². The maximum Gasteiger partial charge on any atom is 0.163 e. The van der Waals surface area contributed by atoms with E-state index in [1.165, 1.54) is 24.8 Å². The minimum Gasteiger partial charge on any atom is -0.294 e. The molecule has 0 heterocycles. The van der Waals surface area contributed by atoms with Crippen LogP contribution in [0.2, 0.25) is 0 Å². The van der Waals surface area contributed by atoms with Gasteiger partial charge >= 0.3 is 0 Å². The van der Waals surface area contributed by atoms with E-state index >= 15 is 0 Å². The van der Waals surface area contributed by atoms with Crippen molar-refractivity contribution >= 4 is 5.78 Å². The van der Waals surface area contributed by atoms with E-state index < -0.39 is 0 Å². The van der Waals surface area contributed by atoms with Gasteiger partial charge in [0.1, 0.15) is 0 Å². The summed E-state index contributed by atoms with van der Waals surface area (Å²) in [5.41, 5.74) is 2.23. The minimum atomic E-state index is 0.325. The van der Waals surface area contributed by atoms with E-state index in [1.807, 2.05) is 12.1 Å². The average Bonchev–Trinajstić information content (AvgIpc) is 2.23. The van der Waals surface area contributed by atoms with Crippen molar-refractivity contribution in [1.82, 2.24) is 0 Å². The molecule has 0 aliphatic heterocycles. The molecule has 0 unspecified atom stereocenters. The molecule has 0 amide bonds. The first kappa shape index (κ1) is 12.3. The van der Waals surface area contributed by atoms with Gasteiger partial charge in [0.15, 0.2) is 5.78 Å². The molecule has 17 heavy (non-hydrogen) atoms. The highest BCUT2D eigenvalue weighted by molar-refractivity contribution is 5.96. The third-order valence-electron chi connectivity index (χ3n) is 3.62. The Bertz CT molecular complexity index is 371. The number of ketones is 1. The molecule has 1 nitrogen and oxygen atoms in total. The second kappa shape index (κ2) is 5.48. The maximum absolute atomic E-state index is 12.0. The standard InChI is InChI=1S/C16H22O/c1-12(2)10-14-6-8-15(9-7-14)16(17)11-13-4-3-5-13/h6-9,12-13H,3-5,10-11H2,1-2H3. The average molecular weight is 230 g/mol. The normalized spacial score (nSPS) is 15.9. The first-order valence-electron chi connectivity index (χ1n) is 6.77. The van der Waals surface area contributed by atoms with Crippen molar-refractivity contribution in [1.29, 1.82) is 0 Å². The van der Waals surface area contributed by atoms with Gasteiger partial charge in [-0.1, -0.05) is 57.4 Å². The molecule has 0 aromatic heterocycles. The SMILES string of the molecule is CC(C)Cc1ccc(C(=O)CC2CCC2)cc1. The summed E-state index contributed by atoms with van der Waals surface area (Å²) in [5.74, 6) is 1.66. The molecule has 1 aliphatic rings. The van der Waals surface area contributed by atoms with E-state index in [4.69, 9.17) is 0 Å². The molecule has 1 aliphatic carbocycles. The third-order valence-corrected chi connectivity index (χ3v) is 3.62. The maximum atomic E-state index is 12.0. The molecule has 1 aromatic carbocycles. The molecule has 0 atom stereocenters. The fourth-order valence-electron chi connectivity index (χ4n) is 2.38. The second-order valence-electron chi connectivity index (χ2n) is 5.72. The molecule has 1 fully saturated rings. The monoisotopic (exact) mass is 230 g/mol. The summed E-state index contributed by atoms with van der Waals surface area (Å²) in [6, 6.07) is 8.21. The van der Waals surface area contributed by atoms with Gasteiger partial charge in [-0.25, -0.2) is 0 Å². The Morgan fingerprint density at radius 2 is 1.88 bits per heavy atom. The number of benzene rings is 1. The molecule has 2 rings (SSSR count).